The zero-order valence-corrected chi connectivity index (χ0v) is 14.4. The van der Waals surface area contributed by atoms with E-state index in [0.29, 0.717) is 16.5 Å². The Kier molecular flexibility index (Phi) is 5.69. The number of rotatable bonds is 5. The number of carbonyl (C=O) groups is 2. The molecule has 0 fully saturated rings. The standard InChI is InChI=1S/C17H17ClN2O2S/c1-10(2)23-13-6-3-11(4-7-13)17(22)20-12-5-8-15(18)14(9-12)16(19)21/h3-10H,1-2H3,(H2,19,21)(H,20,22). The summed E-state index contributed by atoms with van der Waals surface area (Å²) in [5.41, 5.74) is 6.42. The van der Waals surface area contributed by atoms with E-state index in [4.69, 9.17) is 17.3 Å². The maximum atomic E-state index is 12.2. The molecular weight excluding hydrogens is 332 g/mol. The minimum atomic E-state index is -0.638. The maximum absolute atomic E-state index is 12.2. The van der Waals surface area contributed by atoms with Crippen molar-refractivity contribution >= 4 is 40.9 Å². The average Bonchev–Trinajstić information content (AvgIpc) is 2.49. The minimum absolute atomic E-state index is 0.174. The summed E-state index contributed by atoms with van der Waals surface area (Å²) in [5, 5.41) is 3.47. The molecule has 2 aromatic carbocycles. The molecule has 6 heteroatoms. The molecule has 0 saturated carbocycles. The van der Waals surface area contributed by atoms with Crippen LogP contribution in [0.25, 0.3) is 0 Å². The molecule has 2 amide bonds. The number of thioether (sulfide) groups is 1. The fourth-order valence-electron chi connectivity index (χ4n) is 1.95. The van der Waals surface area contributed by atoms with Gasteiger partial charge >= 0.3 is 0 Å². The predicted octanol–water partition coefficient (Wildman–Crippen LogP) is 4.19. The lowest BCUT2D eigenvalue weighted by molar-refractivity contribution is 0.0996. The number of anilines is 1. The van der Waals surface area contributed by atoms with Gasteiger partial charge in [-0.05, 0) is 42.5 Å². The Morgan fingerprint density at radius 1 is 1.13 bits per heavy atom. The molecule has 0 bridgehead atoms. The molecule has 120 valence electrons. The van der Waals surface area contributed by atoms with Gasteiger partial charge in [-0.15, -0.1) is 11.8 Å². The first-order valence-corrected chi connectivity index (χ1v) is 8.30. The van der Waals surface area contributed by atoms with Gasteiger partial charge in [0.15, 0.2) is 0 Å². The SMILES string of the molecule is CC(C)Sc1ccc(C(=O)Nc2ccc(Cl)c(C(N)=O)c2)cc1. The van der Waals surface area contributed by atoms with E-state index < -0.39 is 5.91 Å². The lowest BCUT2D eigenvalue weighted by Gasteiger charge is -2.09. The van der Waals surface area contributed by atoms with Crippen LogP contribution < -0.4 is 11.1 Å². The molecule has 0 aromatic heterocycles. The lowest BCUT2D eigenvalue weighted by atomic mass is 10.1. The largest absolute Gasteiger partial charge is 0.366 e. The van der Waals surface area contributed by atoms with Gasteiger partial charge in [-0.3, -0.25) is 9.59 Å². The highest BCUT2D eigenvalue weighted by atomic mass is 35.5. The highest BCUT2D eigenvalue weighted by Crippen LogP contribution is 2.24. The van der Waals surface area contributed by atoms with Crippen molar-refractivity contribution in [1.82, 2.24) is 0 Å². The Labute approximate surface area is 144 Å². The molecule has 2 rings (SSSR count). The molecule has 0 radical (unpaired) electrons. The molecule has 3 N–H and O–H groups in total. The molecule has 0 aliphatic carbocycles. The van der Waals surface area contributed by atoms with Gasteiger partial charge in [0.05, 0.1) is 10.6 Å². The monoisotopic (exact) mass is 348 g/mol. The molecule has 0 spiro atoms. The summed E-state index contributed by atoms with van der Waals surface area (Å²) in [7, 11) is 0. The Bertz CT molecular complexity index is 730. The normalized spacial score (nSPS) is 10.6. The van der Waals surface area contributed by atoms with Crippen molar-refractivity contribution in [1.29, 1.82) is 0 Å². The average molecular weight is 349 g/mol. The van der Waals surface area contributed by atoms with Gasteiger partial charge in [-0.25, -0.2) is 0 Å². The smallest absolute Gasteiger partial charge is 0.255 e. The first-order chi connectivity index (χ1) is 10.9. The van der Waals surface area contributed by atoms with Crippen LogP contribution >= 0.6 is 23.4 Å². The van der Waals surface area contributed by atoms with Gasteiger partial charge < -0.3 is 11.1 Å². The fourth-order valence-corrected chi connectivity index (χ4v) is 3.00. The van der Waals surface area contributed by atoms with Crippen LogP contribution in [0.2, 0.25) is 5.02 Å². The quantitative estimate of drug-likeness (QED) is 0.796. The Balaban J connectivity index is 2.13. The first-order valence-electron chi connectivity index (χ1n) is 7.04. The van der Waals surface area contributed by atoms with E-state index >= 15 is 0 Å². The van der Waals surface area contributed by atoms with Crippen LogP contribution in [-0.2, 0) is 0 Å². The van der Waals surface area contributed by atoms with Crippen molar-refractivity contribution < 1.29 is 9.59 Å². The third-order valence-electron chi connectivity index (χ3n) is 2.98. The Morgan fingerprint density at radius 3 is 2.35 bits per heavy atom. The highest BCUT2D eigenvalue weighted by molar-refractivity contribution is 7.99. The molecule has 0 heterocycles. The van der Waals surface area contributed by atoms with Crippen molar-refractivity contribution in [3.05, 3.63) is 58.6 Å². The number of hydrogen-bond donors (Lipinski definition) is 2. The Morgan fingerprint density at radius 2 is 1.78 bits per heavy atom. The van der Waals surface area contributed by atoms with Crippen LogP contribution in [0, 0.1) is 0 Å². The Hall–Kier alpha value is -1.98. The third-order valence-corrected chi connectivity index (χ3v) is 4.32. The van der Waals surface area contributed by atoms with Gasteiger partial charge in [-0.1, -0.05) is 25.4 Å². The second kappa shape index (κ2) is 7.53. The third kappa shape index (κ3) is 4.74. The van der Waals surface area contributed by atoms with E-state index in [1.165, 1.54) is 12.1 Å². The molecule has 0 aliphatic rings. The molecule has 2 aromatic rings. The van der Waals surface area contributed by atoms with Crippen molar-refractivity contribution in [3.63, 3.8) is 0 Å². The number of hydrogen-bond acceptors (Lipinski definition) is 3. The number of halogens is 1. The predicted molar refractivity (Wildman–Crippen MR) is 95.4 cm³/mol. The van der Waals surface area contributed by atoms with Gasteiger partial charge in [-0.2, -0.15) is 0 Å². The van der Waals surface area contributed by atoms with Crippen LogP contribution in [0.4, 0.5) is 5.69 Å². The lowest BCUT2D eigenvalue weighted by Crippen LogP contribution is -2.15. The number of primary amides is 1. The van der Waals surface area contributed by atoms with E-state index in [1.54, 1.807) is 30.0 Å². The molecule has 0 atom stereocenters. The zero-order valence-electron chi connectivity index (χ0n) is 12.8. The number of nitrogens with two attached hydrogens (primary N) is 1. The van der Waals surface area contributed by atoms with Crippen LogP contribution in [0.5, 0.6) is 0 Å². The molecule has 0 unspecified atom stereocenters. The molecule has 4 nitrogen and oxygen atoms in total. The summed E-state index contributed by atoms with van der Waals surface area (Å²) in [6, 6.07) is 12.0. The van der Waals surface area contributed by atoms with Crippen molar-refractivity contribution in [3.8, 4) is 0 Å². The van der Waals surface area contributed by atoms with Gasteiger partial charge in [0.1, 0.15) is 0 Å². The summed E-state index contributed by atoms with van der Waals surface area (Å²) in [6.45, 7) is 4.23. The van der Waals surface area contributed by atoms with E-state index in [0.717, 1.165) is 4.90 Å². The summed E-state index contributed by atoms with van der Waals surface area (Å²) >= 11 is 7.62. The molecular formula is C17H17ClN2O2S. The maximum Gasteiger partial charge on any atom is 0.255 e. The fraction of sp³-hybridized carbons (Fsp3) is 0.176. The summed E-state index contributed by atoms with van der Waals surface area (Å²) in [5.74, 6) is -0.898. The number of carbonyl (C=O) groups excluding carboxylic acids is 2. The van der Waals surface area contributed by atoms with E-state index in [2.05, 4.69) is 19.2 Å². The highest BCUT2D eigenvalue weighted by Gasteiger charge is 2.11. The summed E-state index contributed by atoms with van der Waals surface area (Å²) in [6.07, 6.45) is 0. The van der Waals surface area contributed by atoms with Crippen LogP contribution in [0.3, 0.4) is 0 Å². The van der Waals surface area contributed by atoms with E-state index in [9.17, 15) is 9.59 Å². The van der Waals surface area contributed by atoms with Crippen molar-refractivity contribution in [2.24, 2.45) is 5.73 Å². The van der Waals surface area contributed by atoms with Crippen molar-refractivity contribution in [2.45, 2.75) is 24.0 Å². The van der Waals surface area contributed by atoms with Crippen LogP contribution in [-0.4, -0.2) is 17.1 Å². The second-order valence-electron chi connectivity index (χ2n) is 5.20. The van der Waals surface area contributed by atoms with E-state index in [-0.39, 0.29) is 16.5 Å². The molecule has 0 aliphatic heterocycles. The topological polar surface area (TPSA) is 72.2 Å². The van der Waals surface area contributed by atoms with Gasteiger partial charge in [0.2, 0.25) is 5.91 Å². The van der Waals surface area contributed by atoms with Crippen LogP contribution in [0.15, 0.2) is 47.4 Å². The number of benzene rings is 2. The number of amides is 2. The zero-order chi connectivity index (χ0) is 17.0. The van der Waals surface area contributed by atoms with E-state index in [1.807, 2.05) is 12.1 Å². The minimum Gasteiger partial charge on any atom is -0.366 e. The summed E-state index contributed by atoms with van der Waals surface area (Å²) in [4.78, 5) is 24.6. The van der Waals surface area contributed by atoms with Gasteiger partial charge in [0.25, 0.3) is 5.91 Å². The first kappa shape index (κ1) is 17.4. The number of nitrogens with one attached hydrogen (secondary N) is 1. The second-order valence-corrected chi connectivity index (χ2v) is 7.26. The molecule has 0 saturated heterocycles. The van der Waals surface area contributed by atoms with Crippen LogP contribution in [0.1, 0.15) is 34.6 Å². The molecule has 23 heavy (non-hydrogen) atoms. The van der Waals surface area contributed by atoms with Gasteiger partial charge in [0, 0.05) is 21.4 Å². The summed E-state index contributed by atoms with van der Waals surface area (Å²) < 4.78 is 0. The van der Waals surface area contributed by atoms with Crippen molar-refractivity contribution in [2.75, 3.05) is 5.32 Å².